The van der Waals surface area contributed by atoms with Crippen molar-refractivity contribution in [2.24, 2.45) is 0 Å². The Morgan fingerprint density at radius 2 is 1.53 bits per heavy atom. The van der Waals surface area contributed by atoms with Gasteiger partial charge in [-0.05, 0) is 36.4 Å². The first-order valence-electron chi connectivity index (χ1n) is 9.92. The predicted octanol–water partition coefficient (Wildman–Crippen LogP) is 4.24. The maximum atomic E-state index is 14.2. The SMILES string of the molecule is COc1ccc(NC2=C(c3ccccc3OC)C(=O)N(Cc3ccccc3F)C2=O)cc1. The summed E-state index contributed by atoms with van der Waals surface area (Å²) in [5, 5.41) is 3.07. The Labute approximate surface area is 184 Å². The summed E-state index contributed by atoms with van der Waals surface area (Å²) in [4.78, 5) is 27.8. The summed E-state index contributed by atoms with van der Waals surface area (Å²) in [7, 11) is 3.05. The van der Waals surface area contributed by atoms with Crippen molar-refractivity contribution in [2.45, 2.75) is 6.54 Å². The van der Waals surface area contributed by atoms with Crippen LogP contribution < -0.4 is 14.8 Å². The molecule has 0 aromatic heterocycles. The molecule has 0 radical (unpaired) electrons. The number of halogens is 1. The standard InChI is InChI=1S/C25H21FN2O4/c1-31-18-13-11-17(12-14-18)27-23-22(19-8-4-6-10-21(19)32-2)24(29)28(25(23)30)15-16-7-3-5-9-20(16)26/h3-14,27H,15H2,1-2H3. The van der Waals surface area contributed by atoms with Crippen LogP contribution in [0.4, 0.5) is 10.1 Å². The largest absolute Gasteiger partial charge is 0.497 e. The van der Waals surface area contributed by atoms with Crippen molar-refractivity contribution in [3.05, 3.63) is 95.4 Å². The van der Waals surface area contributed by atoms with Crippen molar-refractivity contribution < 1.29 is 23.5 Å². The molecule has 6 nitrogen and oxygen atoms in total. The molecule has 0 bridgehead atoms. The van der Waals surface area contributed by atoms with Gasteiger partial charge in [-0.25, -0.2) is 4.39 Å². The Kier molecular flexibility index (Phi) is 5.89. The summed E-state index contributed by atoms with van der Waals surface area (Å²) in [6.07, 6.45) is 0. The van der Waals surface area contributed by atoms with Crippen LogP contribution in [0, 0.1) is 5.82 Å². The van der Waals surface area contributed by atoms with E-state index in [1.807, 2.05) is 0 Å². The molecule has 0 saturated carbocycles. The second-order valence-corrected chi connectivity index (χ2v) is 7.09. The lowest BCUT2D eigenvalue weighted by Gasteiger charge is -2.16. The number of ether oxygens (including phenoxy) is 2. The van der Waals surface area contributed by atoms with Gasteiger partial charge >= 0.3 is 0 Å². The fourth-order valence-electron chi connectivity index (χ4n) is 3.55. The van der Waals surface area contributed by atoms with Crippen molar-refractivity contribution in [3.63, 3.8) is 0 Å². The van der Waals surface area contributed by atoms with E-state index in [1.165, 1.54) is 13.2 Å². The first kappa shape index (κ1) is 21.1. The number of nitrogens with one attached hydrogen (secondary N) is 1. The number of para-hydroxylation sites is 1. The monoisotopic (exact) mass is 432 g/mol. The van der Waals surface area contributed by atoms with Crippen molar-refractivity contribution in [2.75, 3.05) is 19.5 Å². The van der Waals surface area contributed by atoms with Gasteiger partial charge in [0.05, 0.1) is 26.3 Å². The van der Waals surface area contributed by atoms with Crippen LogP contribution in [0.25, 0.3) is 5.57 Å². The quantitative estimate of drug-likeness (QED) is 0.566. The van der Waals surface area contributed by atoms with Gasteiger partial charge in [-0.15, -0.1) is 0 Å². The fraction of sp³-hybridized carbons (Fsp3) is 0.120. The molecule has 7 heteroatoms. The third-order valence-electron chi connectivity index (χ3n) is 5.19. The molecule has 0 unspecified atom stereocenters. The Morgan fingerprint density at radius 3 is 2.22 bits per heavy atom. The van der Waals surface area contributed by atoms with Gasteiger partial charge in [0.25, 0.3) is 11.8 Å². The van der Waals surface area contributed by atoms with E-state index in [4.69, 9.17) is 9.47 Å². The topological polar surface area (TPSA) is 67.9 Å². The van der Waals surface area contributed by atoms with Gasteiger partial charge in [-0.1, -0.05) is 36.4 Å². The lowest BCUT2D eigenvalue weighted by Crippen LogP contribution is -2.32. The minimum Gasteiger partial charge on any atom is -0.497 e. The fourth-order valence-corrected chi connectivity index (χ4v) is 3.55. The molecule has 2 amide bonds. The minimum atomic E-state index is -0.546. The molecule has 0 fully saturated rings. The van der Waals surface area contributed by atoms with E-state index in [0.29, 0.717) is 22.7 Å². The van der Waals surface area contributed by atoms with Gasteiger partial charge in [0.2, 0.25) is 0 Å². The average molecular weight is 432 g/mol. The van der Waals surface area contributed by atoms with E-state index >= 15 is 0 Å². The molecule has 1 aliphatic rings. The smallest absolute Gasteiger partial charge is 0.278 e. The molecule has 1 heterocycles. The van der Waals surface area contributed by atoms with Crippen LogP contribution in [0.15, 0.2) is 78.5 Å². The zero-order chi connectivity index (χ0) is 22.7. The number of hydrogen-bond donors (Lipinski definition) is 1. The normalized spacial score (nSPS) is 13.5. The van der Waals surface area contributed by atoms with Crippen LogP contribution in [-0.2, 0) is 16.1 Å². The van der Waals surface area contributed by atoms with E-state index in [2.05, 4.69) is 5.32 Å². The van der Waals surface area contributed by atoms with E-state index in [0.717, 1.165) is 4.90 Å². The van der Waals surface area contributed by atoms with Crippen molar-refractivity contribution >= 4 is 23.1 Å². The summed E-state index contributed by atoms with van der Waals surface area (Å²) in [6.45, 7) is -0.184. The van der Waals surface area contributed by atoms with E-state index < -0.39 is 17.6 Å². The van der Waals surface area contributed by atoms with Crippen LogP contribution >= 0.6 is 0 Å². The Morgan fingerprint density at radius 1 is 0.844 bits per heavy atom. The number of methoxy groups -OCH3 is 2. The number of hydrogen-bond acceptors (Lipinski definition) is 5. The van der Waals surface area contributed by atoms with Crippen LogP contribution in [0.1, 0.15) is 11.1 Å². The molecular formula is C25H21FN2O4. The first-order chi connectivity index (χ1) is 15.5. The van der Waals surface area contributed by atoms with Crippen LogP contribution in [0.3, 0.4) is 0 Å². The van der Waals surface area contributed by atoms with Crippen molar-refractivity contribution in [1.82, 2.24) is 4.90 Å². The Balaban J connectivity index is 1.77. The third-order valence-corrected chi connectivity index (χ3v) is 5.19. The highest BCUT2D eigenvalue weighted by molar-refractivity contribution is 6.36. The van der Waals surface area contributed by atoms with E-state index in [1.54, 1.807) is 73.8 Å². The number of anilines is 1. The van der Waals surface area contributed by atoms with Gasteiger partial charge in [0.1, 0.15) is 23.0 Å². The van der Waals surface area contributed by atoms with E-state index in [-0.39, 0.29) is 23.4 Å². The molecule has 0 aliphatic carbocycles. The number of amides is 2. The van der Waals surface area contributed by atoms with E-state index in [9.17, 15) is 14.0 Å². The zero-order valence-electron chi connectivity index (χ0n) is 17.6. The highest BCUT2D eigenvalue weighted by Crippen LogP contribution is 2.36. The van der Waals surface area contributed by atoms with Crippen molar-refractivity contribution in [1.29, 1.82) is 0 Å². The molecule has 1 N–H and O–H groups in total. The van der Waals surface area contributed by atoms with Crippen molar-refractivity contribution in [3.8, 4) is 11.5 Å². The zero-order valence-corrected chi connectivity index (χ0v) is 17.6. The summed E-state index contributed by atoms with van der Waals surface area (Å²) in [6, 6.07) is 20.0. The predicted molar refractivity (Wildman–Crippen MR) is 118 cm³/mol. The van der Waals surface area contributed by atoms with Crippen LogP contribution in [-0.4, -0.2) is 30.9 Å². The number of nitrogens with zero attached hydrogens (tertiary/aromatic N) is 1. The minimum absolute atomic E-state index is 0.0982. The number of carbonyl (C=O) groups excluding carboxylic acids is 2. The molecule has 3 aromatic carbocycles. The summed E-state index contributed by atoms with van der Waals surface area (Å²) >= 11 is 0. The number of rotatable bonds is 7. The molecular weight excluding hydrogens is 411 g/mol. The molecule has 3 aromatic rings. The van der Waals surface area contributed by atoms with Gasteiger partial charge in [0, 0.05) is 16.8 Å². The highest BCUT2D eigenvalue weighted by atomic mass is 19.1. The summed E-state index contributed by atoms with van der Waals surface area (Å²) in [5.41, 5.74) is 1.59. The van der Waals surface area contributed by atoms with Gasteiger partial charge in [-0.2, -0.15) is 0 Å². The molecule has 1 aliphatic heterocycles. The molecule has 0 saturated heterocycles. The number of carbonyl (C=O) groups is 2. The third kappa shape index (κ3) is 3.92. The van der Waals surface area contributed by atoms with Gasteiger partial charge in [-0.3, -0.25) is 14.5 Å². The molecule has 0 spiro atoms. The molecule has 0 atom stereocenters. The number of benzene rings is 3. The maximum absolute atomic E-state index is 14.2. The molecule has 162 valence electrons. The van der Waals surface area contributed by atoms with Gasteiger partial charge in [0.15, 0.2) is 0 Å². The lowest BCUT2D eigenvalue weighted by molar-refractivity contribution is -0.137. The lowest BCUT2D eigenvalue weighted by atomic mass is 10.0. The van der Waals surface area contributed by atoms with Crippen LogP contribution in [0.5, 0.6) is 11.5 Å². The summed E-state index contributed by atoms with van der Waals surface area (Å²) < 4.78 is 24.8. The second-order valence-electron chi connectivity index (χ2n) is 7.09. The Bertz CT molecular complexity index is 1200. The molecule has 32 heavy (non-hydrogen) atoms. The maximum Gasteiger partial charge on any atom is 0.278 e. The highest BCUT2D eigenvalue weighted by Gasteiger charge is 2.40. The second kappa shape index (κ2) is 8.93. The first-order valence-corrected chi connectivity index (χ1v) is 9.92. The van der Waals surface area contributed by atoms with Crippen LogP contribution in [0.2, 0.25) is 0 Å². The summed E-state index contributed by atoms with van der Waals surface area (Å²) in [5.74, 6) is -0.452. The number of imide groups is 1. The Hall–Kier alpha value is -4.13. The van der Waals surface area contributed by atoms with Gasteiger partial charge < -0.3 is 14.8 Å². The molecule has 4 rings (SSSR count). The average Bonchev–Trinajstić information content (AvgIpc) is 3.05.